The van der Waals surface area contributed by atoms with Crippen LogP contribution in [0.3, 0.4) is 0 Å². The number of ether oxygens (including phenoxy) is 3. The number of rotatable bonds is 8. The molecule has 1 aromatic rings. The molecule has 0 aliphatic carbocycles. The van der Waals surface area contributed by atoms with Crippen molar-refractivity contribution < 1.29 is 19.0 Å². The first-order chi connectivity index (χ1) is 10.7. The van der Waals surface area contributed by atoms with Crippen molar-refractivity contribution in [3.63, 3.8) is 0 Å². The lowest BCUT2D eigenvalue weighted by molar-refractivity contribution is -0.128. The Bertz CT molecular complexity index is 509. The monoisotopic (exact) mass is 325 g/mol. The quantitative estimate of drug-likeness (QED) is 0.688. The summed E-state index contributed by atoms with van der Waals surface area (Å²) >= 11 is 1.63. The van der Waals surface area contributed by atoms with Gasteiger partial charge in [-0.15, -0.1) is 11.8 Å². The van der Waals surface area contributed by atoms with Gasteiger partial charge in [-0.1, -0.05) is 6.07 Å². The number of methoxy groups -OCH3 is 1. The molecule has 22 heavy (non-hydrogen) atoms. The molecule has 1 aliphatic rings. The van der Waals surface area contributed by atoms with Crippen LogP contribution in [0.1, 0.15) is 24.8 Å². The molecule has 1 aliphatic heterocycles. The highest BCUT2D eigenvalue weighted by atomic mass is 32.2. The summed E-state index contributed by atoms with van der Waals surface area (Å²) in [6, 6.07) is 5.85. The highest BCUT2D eigenvalue weighted by molar-refractivity contribution is 8.00. The van der Waals surface area contributed by atoms with Gasteiger partial charge in [-0.05, 0) is 31.5 Å². The molecule has 5 nitrogen and oxygen atoms in total. The molecule has 1 aromatic carbocycles. The van der Waals surface area contributed by atoms with E-state index in [4.69, 9.17) is 14.2 Å². The van der Waals surface area contributed by atoms with Crippen LogP contribution in [0.25, 0.3) is 0 Å². The Hall–Kier alpha value is -1.40. The van der Waals surface area contributed by atoms with Crippen molar-refractivity contribution in [3.8, 4) is 11.5 Å². The average molecular weight is 325 g/mol. The first-order valence-corrected chi connectivity index (χ1v) is 8.55. The van der Waals surface area contributed by atoms with E-state index in [1.807, 2.05) is 36.9 Å². The van der Waals surface area contributed by atoms with Crippen molar-refractivity contribution in [2.24, 2.45) is 0 Å². The Kier molecular flexibility index (Phi) is 6.39. The van der Waals surface area contributed by atoms with Gasteiger partial charge >= 0.3 is 0 Å². The third-order valence-corrected chi connectivity index (χ3v) is 4.68. The minimum atomic E-state index is 0.0121. The molecular formula is C16H23NO4S. The van der Waals surface area contributed by atoms with Gasteiger partial charge in [-0.25, -0.2) is 0 Å². The van der Waals surface area contributed by atoms with Crippen molar-refractivity contribution in [1.29, 1.82) is 0 Å². The van der Waals surface area contributed by atoms with Gasteiger partial charge in [-0.3, -0.25) is 4.79 Å². The number of nitrogens with zero attached hydrogens (tertiary/aromatic N) is 1. The number of benzene rings is 1. The molecule has 1 saturated heterocycles. The maximum absolute atomic E-state index is 12.1. The maximum Gasteiger partial charge on any atom is 0.233 e. The number of amides is 1. The van der Waals surface area contributed by atoms with E-state index in [2.05, 4.69) is 0 Å². The van der Waals surface area contributed by atoms with Gasteiger partial charge < -0.3 is 19.1 Å². The molecule has 1 unspecified atom stereocenters. The molecule has 0 N–H and O–H groups in total. The van der Waals surface area contributed by atoms with Gasteiger partial charge in [0.2, 0.25) is 5.91 Å². The number of thioether (sulfide) groups is 1. The molecule has 0 aromatic heterocycles. The second-order valence-electron chi connectivity index (χ2n) is 4.79. The van der Waals surface area contributed by atoms with E-state index in [9.17, 15) is 4.79 Å². The van der Waals surface area contributed by atoms with Gasteiger partial charge in [0, 0.05) is 13.2 Å². The van der Waals surface area contributed by atoms with Crippen LogP contribution in [0.15, 0.2) is 18.2 Å². The summed E-state index contributed by atoms with van der Waals surface area (Å²) in [7, 11) is 1.62. The predicted octanol–water partition coefficient (Wildman–Crippen LogP) is 2.70. The molecular weight excluding hydrogens is 302 g/mol. The molecule has 1 fully saturated rings. The van der Waals surface area contributed by atoms with E-state index in [1.165, 1.54) is 0 Å². The number of carbonyl (C=O) groups excluding carboxylic acids is 1. The lowest BCUT2D eigenvalue weighted by Gasteiger charge is -2.24. The van der Waals surface area contributed by atoms with Crippen LogP contribution >= 0.6 is 11.8 Å². The highest BCUT2D eigenvalue weighted by Crippen LogP contribution is 2.41. The number of hydrogen-bond donors (Lipinski definition) is 0. The summed E-state index contributed by atoms with van der Waals surface area (Å²) < 4.78 is 16.3. The van der Waals surface area contributed by atoms with Crippen molar-refractivity contribution in [2.45, 2.75) is 19.2 Å². The van der Waals surface area contributed by atoms with Gasteiger partial charge in [0.25, 0.3) is 0 Å². The summed E-state index contributed by atoms with van der Waals surface area (Å²) in [6.07, 6.45) is 0. The van der Waals surface area contributed by atoms with Crippen LogP contribution in [0, 0.1) is 0 Å². The van der Waals surface area contributed by atoms with E-state index < -0.39 is 0 Å². The summed E-state index contributed by atoms with van der Waals surface area (Å²) in [5, 5.41) is 0.0121. The average Bonchev–Trinajstić information content (AvgIpc) is 2.89. The predicted molar refractivity (Wildman–Crippen MR) is 87.6 cm³/mol. The zero-order valence-corrected chi connectivity index (χ0v) is 14.1. The van der Waals surface area contributed by atoms with Gasteiger partial charge in [0.1, 0.15) is 5.37 Å². The molecule has 6 heteroatoms. The minimum Gasteiger partial charge on any atom is -0.493 e. The normalized spacial score (nSPS) is 17.9. The van der Waals surface area contributed by atoms with E-state index >= 15 is 0 Å². The molecule has 0 radical (unpaired) electrons. The summed E-state index contributed by atoms with van der Waals surface area (Å²) in [6.45, 7) is 6.31. The Balaban J connectivity index is 2.17. The highest BCUT2D eigenvalue weighted by Gasteiger charge is 2.32. The van der Waals surface area contributed by atoms with Crippen molar-refractivity contribution in [3.05, 3.63) is 23.8 Å². The zero-order valence-electron chi connectivity index (χ0n) is 13.3. The van der Waals surface area contributed by atoms with Crippen LogP contribution < -0.4 is 9.47 Å². The third-order valence-electron chi connectivity index (χ3n) is 3.42. The van der Waals surface area contributed by atoms with Crippen LogP contribution in [-0.2, 0) is 9.53 Å². The van der Waals surface area contributed by atoms with Crippen LogP contribution in [0.2, 0.25) is 0 Å². The second-order valence-corrected chi connectivity index (χ2v) is 5.86. The fourth-order valence-corrected chi connectivity index (χ4v) is 3.60. The fourth-order valence-electron chi connectivity index (χ4n) is 2.39. The summed E-state index contributed by atoms with van der Waals surface area (Å²) in [5.74, 6) is 2.09. The standard InChI is InChI=1S/C16H23NO4S/c1-4-20-9-8-17-15(18)11-22-16(17)12-6-7-13(19-3)14(10-12)21-5-2/h6-7,10,16H,4-5,8-9,11H2,1-3H3. The molecule has 1 atom stereocenters. The Morgan fingerprint density at radius 3 is 2.77 bits per heavy atom. The zero-order chi connectivity index (χ0) is 15.9. The summed E-state index contributed by atoms with van der Waals surface area (Å²) in [5.41, 5.74) is 1.05. The minimum absolute atomic E-state index is 0.0121. The summed E-state index contributed by atoms with van der Waals surface area (Å²) in [4.78, 5) is 14.0. The van der Waals surface area contributed by atoms with Gasteiger partial charge in [0.05, 0.1) is 26.1 Å². The van der Waals surface area contributed by atoms with E-state index in [-0.39, 0.29) is 11.3 Å². The fraction of sp³-hybridized carbons (Fsp3) is 0.562. The SMILES string of the molecule is CCOCCN1C(=O)CSC1c1ccc(OC)c(OCC)c1. The van der Waals surface area contributed by atoms with Crippen molar-refractivity contribution >= 4 is 17.7 Å². The van der Waals surface area contributed by atoms with Crippen LogP contribution in [-0.4, -0.2) is 50.0 Å². The molecule has 1 amide bonds. The molecule has 1 heterocycles. The van der Waals surface area contributed by atoms with E-state index in [0.717, 1.165) is 5.56 Å². The second kappa shape index (κ2) is 8.29. The lowest BCUT2D eigenvalue weighted by atomic mass is 10.2. The van der Waals surface area contributed by atoms with E-state index in [0.29, 0.717) is 43.6 Å². The molecule has 122 valence electrons. The van der Waals surface area contributed by atoms with Crippen molar-refractivity contribution in [2.75, 3.05) is 39.2 Å². The molecule has 0 spiro atoms. The molecule has 0 saturated carbocycles. The topological polar surface area (TPSA) is 48.0 Å². The first-order valence-electron chi connectivity index (χ1n) is 7.50. The Labute approximate surface area is 135 Å². The third kappa shape index (κ3) is 3.87. The largest absolute Gasteiger partial charge is 0.493 e. The number of carbonyl (C=O) groups is 1. The van der Waals surface area contributed by atoms with E-state index in [1.54, 1.807) is 18.9 Å². The lowest BCUT2D eigenvalue weighted by Crippen LogP contribution is -2.31. The smallest absolute Gasteiger partial charge is 0.233 e. The van der Waals surface area contributed by atoms with Crippen LogP contribution in [0.5, 0.6) is 11.5 Å². The first kappa shape index (κ1) is 17.0. The van der Waals surface area contributed by atoms with Crippen molar-refractivity contribution in [1.82, 2.24) is 4.90 Å². The maximum atomic E-state index is 12.1. The molecule has 2 rings (SSSR count). The van der Waals surface area contributed by atoms with Gasteiger partial charge in [-0.2, -0.15) is 0 Å². The Morgan fingerprint density at radius 1 is 1.27 bits per heavy atom. The Morgan fingerprint density at radius 2 is 2.09 bits per heavy atom. The van der Waals surface area contributed by atoms with Gasteiger partial charge in [0.15, 0.2) is 11.5 Å². The molecule has 0 bridgehead atoms. The van der Waals surface area contributed by atoms with Crippen LogP contribution in [0.4, 0.5) is 0 Å². The number of hydrogen-bond acceptors (Lipinski definition) is 5.